The summed E-state index contributed by atoms with van der Waals surface area (Å²) in [5.41, 5.74) is 0.350. The van der Waals surface area contributed by atoms with Crippen molar-refractivity contribution in [3.8, 4) is 0 Å². The molecule has 0 spiro atoms. The van der Waals surface area contributed by atoms with Gasteiger partial charge in [-0.1, -0.05) is 26.8 Å². The smallest absolute Gasteiger partial charge is 0.0349 e. The lowest BCUT2D eigenvalue weighted by atomic mass is 9.97. The third kappa shape index (κ3) is 3.17. The molecule has 0 saturated carbocycles. The van der Waals surface area contributed by atoms with E-state index in [-0.39, 0.29) is 0 Å². The number of hydrogen-bond donors (Lipinski definition) is 0. The maximum atomic E-state index is 2.30. The van der Waals surface area contributed by atoms with Crippen LogP contribution in [0.2, 0.25) is 0 Å². The van der Waals surface area contributed by atoms with Crippen LogP contribution in [-0.2, 0) is 0 Å². The molecule has 9 heavy (non-hydrogen) atoms. The summed E-state index contributed by atoms with van der Waals surface area (Å²) in [6.07, 6.45) is 4.44. The molecule has 1 aliphatic rings. The molecule has 0 aromatic rings. The molecule has 1 heterocycles. The van der Waals surface area contributed by atoms with Crippen LogP contribution in [0.4, 0.5) is 0 Å². The summed E-state index contributed by atoms with van der Waals surface area (Å²) in [7, 11) is 0. The van der Waals surface area contributed by atoms with E-state index >= 15 is 0 Å². The zero-order valence-electron chi connectivity index (χ0n) is 6.52. The summed E-state index contributed by atoms with van der Waals surface area (Å²) >= 11 is 0. The highest BCUT2D eigenvalue weighted by atomic mass is 15.2. The van der Waals surface area contributed by atoms with Crippen molar-refractivity contribution in [3.63, 3.8) is 0 Å². The van der Waals surface area contributed by atoms with Crippen molar-refractivity contribution in [1.82, 2.24) is 4.90 Å². The maximum absolute atomic E-state index is 2.30. The number of nitrogens with zero attached hydrogens (tertiary/aromatic N) is 1. The molecule has 1 rings (SSSR count). The van der Waals surface area contributed by atoms with Crippen LogP contribution < -0.4 is 0 Å². The number of rotatable bonds is 1. The molecule has 1 fully saturated rings. The molecule has 1 nitrogen and oxygen atoms in total. The van der Waals surface area contributed by atoms with Gasteiger partial charge in [-0.2, -0.15) is 0 Å². The van der Waals surface area contributed by atoms with E-state index in [0.29, 0.717) is 5.41 Å². The van der Waals surface area contributed by atoms with E-state index < -0.39 is 0 Å². The van der Waals surface area contributed by atoms with Crippen molar-refractivity contribution in [2.24, 2.45) is 5.41 Å². The molecule has 0 N–H and O–H groups in total. The molecule has 0 unspecified atom stereocenters. The highest BCUT2D eigenvalue weighted by molar-refractivity contribution is 4.96. The molecule has 52 valence electrons. The molecular formula is C8H15N. The van der Waals surface area contributed by atoms with E-state index in [9.17, 15) is 0 Å². The Kier molecular flexibility index (Phi) is 1.52. The lowest BCUT2D eigenvalue weighted by Crippen LogP contribution is -1.99. The van der Waals surface area contributed by atoms with E-state index in [0.717, 1.165) is 0 Å². The van der Waals surface area contributed by atoms with Crippen molar-refractivity contribution in [3.05, 3.63) is 12.3 Å². The maximum Gasteiger partial charge on any atom is 0.0349 e. The van der Waals surface area contributed by atoms with E-state index in [4.69, 9.17) is 0 Å². The largest absolute Gasteiger partial charge is 0.374 e. The highest BCUT2D eigenvalue weighted by Crippen LogP contribution is 2.16. The summed E-state index contributed by atoms with van der Waals surface area (Å²) < 4.78 is 0. The second kappa shape index (κ2) is 2.05. The molecule has 0 atom stereocenters. The van der Waals surface area contributed by atoms with Crippen molar-refractivity contribution < 1.29 is 0 Å². The summed E-state index contributed by atoms with van der Waals surface area (Å²) in [5, 5.41) is 0. The third-order valence-electron chi connectivity index (χ3n) is 1.27. The normalized spacial score (nSPS) is 19.2. The van der Waals surface area contributed by atoms with Crippen LogP contribution in [0.15, 0.2) is 12.3 Å². The van der Waals surface area contributed by atoms with Gasteiger partial charge in [0, 0.05) is 13.1 Å². The minimum Gasteiger partial charge on any atom is -0.374 e. The predicted octanol–water partition coefficient (Wildman–Crippen LogP) is 1.86. The van der Waals surface area contributed by atoms with E-state index in [2.05, 4.69) is 37.9 Å². The fourth-order valence-electron chi connectivity index (χ4n) is 0.536. The van der Waals surface area contributed by atoms with Gasteiger partial charge in [0.1, 0.15) is 0 Å². The van der Waals surface area contributed by atoms with Gasteiger partial charge in [0.05, 0.1) is 0 Å². The van der Waals surface area contributed by atoms with Gasteiger partial charge in [-0.3, -0.25) is 0 Å². The van der Waals surface area contributed by atoms with Gasteiger partial charge in [0.2, 0.25) is 0 Å². The monoisotopic (exact) mass is 125 g/mol. The Morgan fingerprint density at radius 2 is 1.78 bits per heavy atom. The van der Waals surface area contributed by atoms with Crippen LogP contribution >= 0.6 is 0 Å². The van der Waals surface area contributed by atoms with Crippen LogP contribution in [0.25, 0.3) is 0 Å². The molecule has 0 aromatic heterocycles. The van der Waals surface area contributed by atoms with Crippen LogP contribution in [0.1, 0.15) is 20.8 Å². The minimum absolute atomic E-state index is 0.350. The van der Waals surface area contributed by atoms with Gasteiger partial charge in [0.15, 0.2) is 0 Å². The molecule has 0 aromatic carbocycles. The Labute approximate surface area is 57.4 Å². The van der Waals surface area contributed by atoms with Crippen molar-refractivity contribution >= 4 is 0 Å². The quantitative estimate of drug-likeness (QED) is 0.483. The Morgan fingerprint density at radius 3 is 2.11 bits per heavy atom. The molecule has 1 aliphatic heterocycles. The standard InChI is InChI=1S/C8H15N/c1-8(2,3)4-5-9-6-7-9/h4-5H,6-7H2,1-3H3. The van der Waals surface area contributed by atoms with Crippen molar-refractivity contribution in [1.29, 1.82) is 0 Å². The van der Waals surface area contributed by atoms with Gasteiger partial charge >= 0.3 is 0 Å². The Hall–Kier alpha value is -0.460. The van der Waals surface area contributed by atoms with Crippen molar-refractivity contribution in [2.75, 3.05) is 13.1 Å². The van der Waals surface area contributed by atoms with Crippen LogP contribution in [0.5, 0.6) is 0 Å². The lowest BCUT2D eigenvalue weighted by molar-refractivity contribution is 0.534. The van der Waals surface area contributed by atoms with E-state index in [1.807, 2.05) is 0 Å². The first kappa shape index (κ1) is 6.66. The van der Waals surface area contributed by atoms with Crippen LogP contribution in [0, 0.1) is 5.41 Å². The molecule has 0 bridgehead atoms. The number of hydrogen-bond acceptors (Lipinski definition) is 1. The molecule has 0 radical (unpaired) electrons. The average Bonchev–Trinajstić information content (AvgIpc) is 2.38. The summed E-state index contributed by atoms with van der Waals surface area (Å²) in [6, 6.07) is 0. The SMILES string of the molecule is CC(C)(C)C=CN1CC1. The summed E-state index contributed by atoms with van der Waals surface area (Å²) in [6.45, 7) is 9.16. The van der Waals surface area contributed by atoms with Crippen LogP contribution in [0.3, 0.4) is 0 Å². The second-order valence-electron chi connectivity index (χ2n) is 3.72. The number of allylic oxidation sites excluding steroid dienone is 1. The van der Waals surface area contributed by atoms with E-state index in [1.54, 1.807) is 0 Å². The first-order valence-electron chi connectivity index (χ1n) is 3.51. The molecular weight excluding hydrogens is 110 g/mol. The molecule has 1 heteroatoms. The van der Waals surface area contributed by atoms with Crippen LogP contribution in [-0.4, -0.2) is 18.0 Å². The predicted molar refractivity (Wildman–Crippen MR) is 40.2 cm³/mol. The van der Waals surface area contributed by atoms with Gasteiger partial charge in [-0.05, 0) is 11.6 Å². The van der Waals surface area contributed by atoms with Crippen molar-refractivity contribution in [2.45, 2.75) is 20.8 Å². The zero-order valence-corrected chi connectivity index (χ0v) is 6.52. The Bertz CT molecular complexity index is 115. The first-order chi connectivity index (χ1) is 4.08. The highest BCUT2D eigenvalue weighted by Gasteiger charge is 2.12. The second-order valence-corrected chi connectivity index (χ2v) is 3.72. The van der Waals surface area contributed by atoms with Gasteiger partial charge in [0.25, 0.3) is 0 Å². The van der Waals surface area contributed by atoms with E-state index in [1.165, 1.54) is 13.1 Å². The fourth-order valence-corrected chi connectivity index (χ4v) is 0.536. The van der Waals surface area contributed by atoms with Gasteiger partial charge in [-0.15, -0.1) is 0 Å². The summed E-state index contributed by atoms with van der Waals surface area (Å²) in [5.74, 6) is 0. The topological polar surface area (TPSA) is 3.01 Å². The third-order valence-corrected chi connectivity index (χ3v) is 1.27. The van der Waals surface area contributed by atoms with Gasteiger partial charge < -0.3 is 4.90 Å². The molecule has 1 saturated heterocycles. The molecule has 0 amide bonds. The first-order valence-corrected chi connectivity index (χ1v) is 3.51. The summed E-state index contributed by atoms with van der Waals surface area (Å²) in [4.78, 5) is 2.30. The van der Waals surface area contributed by atoms with Gasteiger partial charge in [-0.25, -0.2) is 0 Å². The average molecular weight is 125 g/mol. The fraction of sp³-hybridized carbons (Fsp3) is 0.750. The minimum atomic E-state index is 0.350. The Morgan fingerprint density at radius 1 is 1.22 bits per heavy atom. The lowest BCUT2D eigenvalue weighted by Gasteiger charge is -2.10. The Balaban J connectivity index is 2.29. The zero-order chi connectivity index (χ0) is 6.91. The molecule has 0 aliphatic carbocycles.